The first kappa shape index (κ1) is 40.8. The number of ether oxygens (including phenoxy) is 3. The zero-order chi connectivity index (χ0) is 38.0. The predicted octanol–water partition coefficient (Wildman–Crippen LogP) is 2.89. The molecule has 0 bridgehead atoms. The summed E-state index contributed by atoms with van der Waals surface area (Å²) in [6.45, 7) is 4.39. The zero-order valence-electron chi connectivity index (χ0n) is 30.9. The Labute approximate surface area is 311 Å². The van der Waals surface area contributed by atoms with Gasteiger partial charge in [0, 0.05) is 13.1 Å². The molecule has 13 nitrogen and oxygen atoms in total. The van der Waals surface area contributed by atoms with Gasteiger partial charge in [-0.25, -0.2) is 5.48 Å². The van der Waals surface area contributed by atoms with E-state index in [4.69, 9.17) is 14.2 Å². The van der Waals surface area contributed by atoms with Gasteiger partial charge in [0.05, 0.1) is 34.0 Å². The third kappa shape index (κ3) is 13.8. The van der Waals surface area contributed by atoms with Crippen molar-refractivity contribution in [2.75, 3.05) is 47.1 Å². The number of benzene rings is 3. The molecule has 0 spiro atoms. The number of aryl methyl sites for hydroxylation is 4. The van der Waals surface area contributed by atoms with Gasteiger partial charge in [-0.1, -0.05) is 54.1 Å². The Morgan fingerprint density at radius 3 is 1.60 bits per heavy atom. The van der Waals surface area contributed by atoms with E-state index in [0.717, 1.165) is 28.0 Å². The van der Waals surface area contributed by atoms with Gasteiger partial charge in [-0.3, -0.25) is 29.3 Å². The van der Waals surface area contributed by atoms with Gasteiger partial charge in [0.2, 0.25) is 17.7 Å². The van der Waals surface area contributed by atoms with E-state index >= 15 is 0 Å². The number of carbonyl (C=O) groups is 4. The second-order valence-corrected chi connectivity index (χ2v) is 13.3. The molecule has 0 aliphatic carbocycles. The fraction of sp³-hybridized carbons (Fsp3) is 0.450. The quantitative estimate of drug-likeness (QED) is 0.0868. The van der Waals surface area contributed by atoms with Crippen LogP contribution in [-0.4, -0.2) is 98.9 Å². The Balaban J connectivity index is 1.50. The van der Waals surface area contributed by atoms with Crippen molar-refractivity contribution in [3.05, 3.63) is 95.1 Å². The molecule has 13 heteroatoms. The van der Waals surface area contributed by atoms with Crippen LogP contribution in [-0.2, 0) is 43.2 Å². The first-order chi connectivity index (χ1) is 25.7. The van der Waals surface area contributed by atoms with Crippen LogP contribution in [0.2, 0.25) is 0 Å². The second kappa shape index (κ2) is 21.5. The smallest absolute Gasteiger partial charge is 0.265 e. The summed E-state index contributed by atoms with van der Waals surface area (Å²) >= 11 is 0. The van der Waals surface area contributed by atoms with Gasteiger partial charge in [0.15, 0.2) is 0 Å². The van der Waals surface area contributed by atoms with Crippen LogP contribution in [0, 0.1) is 6.92 Å². The Bertz CT molecular complexity index is 1590. The predicted molar refractivity (Wildman–Crippen MR) is 200 cm³/mol. The maximum absolute atomic E-state index is 14.0. The average Bonchev–Trinajstić information content (AvgIpc) is 3.18. The topological polar surface area (TPSA) is 168 Å². The highest BCUT2D eigenvalue weighted by molar-refractivity contribution is 5.94. The van der Waals surface area contributed by atoms with Crippen LogP contribution in [0.25, 0.3) is 0 Å². The number of hydrogen-bond acceptors (Lipinski definition) is 9. The lowest BCUT2D eigenvalue weighted by Crippen LogP contribution is -2.57. The van der Waals surface area contributed by atoms with E-state index in [1.807, 2.05) is 84.6 Å². The third-order valence-corrected chi connectivity index (χ3v) is 9.34. The van der Waals surface area contributed by atoms with Crippen molar-refractivity contribution >= 4 is 23.6 Å². The number of nitrogens with zero attached hydrogens (tertiary/aromatic N) is 1. The van der Waals surface area contributed by atoms with Gasteiger partial charge >= 0.3 is 0 Å². The molecule has 4 rings (SSSR count). The van der Waals surface area contributed by atoms with E-state index in [-0.39, 0.29) is 25.3 Å². The third-order valence-electron chi connectivity index (χ3n) is 9.34. The van der Waals surface area contributed by atoms with Crippen molar-refractivity contribution in [2.24, 2.45) is 0 Å². The lowest BCUT2D eigenvalue weighted by molar-refractivity contribution is -0.136. The largest absolute Gasteiger partial charge is 0.497 e. The van der Waals surface area contributed by atoms with Gasteiger partial charge < -0.3 is 30.2 Å². The van der Waals surface area contributed by atoms with Crippen LogP contribution in [0.5, 0.6) is 11.5 Å². The first-order valence-electron chi connectivity index (χ1n) is 18.1. The van der Waals surface area contributed by atoms with E-state index in [0.29, 0.717) is 64.2 Å². The summed E-state index contributed by atoms with van der Waals surface area (Å²) in [5, 5.41) is 18.1. The lowest BCUT2D eigenvalue weighted by atomic mass is 10.0. The minimum Gasteiger partial charge on any atom is -0.497 e. The fourth-order valence-corrected chi connectivity index (χ4v) is 6.10. The molecule has 3 atom stereocenters. The molecule has 3 aromatic rings. The van der Waals surface area contributed by atoms with Gasteiger partial charge in [0.25, 0.3) is 5.91 Å². The molecule has 4 amide bonds. The fourth-order valence-electron chi connectivity index (χ4n) is 6.10. The summed E-state index contributed by atoms with van der Waals surface area (Å²) in [6.07, 6.45) is 2.88. The van der Waals surface area contributed by atoms with Crippen LogP contribution in [0.4, 0.5) is 0 Å². The number of morpholine rings is 1. The Morgan fingerprint density at radius 2 is 1.11 bits per heavy atom. The number of hydroxylamine groups is 1. The second-order valence-electron chi connectivity index (χ2n) is 13.3. The number of carbonyl (C=O) groups excluding carboxylic acids is 4. The zero-order valence-corrected chi connectivity index (χ0v) is 30.9. The van der Waals surface area contributed by atoms with Crippen LogP contribution in [0.15, 0.2) is 72.8 Å². The summed E-state index contributed by atoms with van der Waals surface area (Å²) in [5.74, 6) is -0.722. The van der Waals surface area contributed by atoms with Crippen LogP contribution < -0.4 is 30.9 Å². The summed E-state index contributed by atoms with van der Waals surface area (Å²) in [6, 6.07) is 19.9. The average molecular weight is 732 g/mol. The normalized spacial score (nSPS) is 14.6. The molecule has 1 aliphatic heterocycles. The molecule has 1 aliphatic rings. The summed E-state index contributed by atoms with van der Waals surface area (Å²) in [4.78, 5) is 55.9. The molecule has 1 fully saturated rings. The molecule has 0 saturated carbocycles. The number of nitrogens with one attached hydrogen (secondary N) is 4. The molecule has 286 valence electrons. The minimum absolute atomic E-state index is 0.117. The molecular weight excluding hydrogens is 678 g/mol. The van der Waals surface area contributed by atoms with E-state index in [1.165, 1.54) is 0 Å². The minimum atomic E-state index is -1.07. The molecule has 0 radical (unpaired) electrons. The standard InChI is InChI=1S/C40H53N5O8/c1-28-7-9-30(10-8-28)16-22-36(40(49)44-50)43-39(48)35(21-15-31-13-19-33(52-3)20-14-31)42-38(47)34(41-37(46)27-45-23-25-53-26-24-45)6-4-5-29-11-17-32(51-2)18-12-29/h7-14,17-20,34-36,50H,4-6,15-16,21-27H2,1-3H3,(H,41,46)(H,42,47)(H,43,48)(H,44,49)/t34-,35+,36+/m0/s1. The van der Waals surface area contributed by atoms with E-state index in [1.54, 1.807) is 19.7 Å². The van der Waals surface area contributed by atoms with Crippen LogP contribution >= 0.6 is 0 Å². The van der Waals surface area contributed by atoms with E-state index < -0.39 is 35.8 Å². The molecule has 1 heterocycles. The lowest BCUT2D eigenvalue weighted by Gasteiger charge is -2.28. The molecule has 5 N–H and O–H groups in total. The van der Waals surface area contributed by atoms with Crippen molar-refractivity contribution < 1.29 is 38.6 Å². The first-order valence-corrected chi connectivity index (χ1v) is 18.1. The van der Waals surface area contributed by atoms with Crippen molar-refractivity contribution in [1.29, 1.82) is 0 Å². The maximum atomic E-state index is 14.0. The van der Waals surface area contributed by atoms with Gasteiger partial charge in [0.1, 0.15) is 29.6 Å². The number of hydrogen-bond donors (Lipinski definition) is 5. The Morgan fingerprint density at radius 1 is 0.660 bits per heavy atom. The van der Waals surface area contributed by atoms with Crippen LogP contribution in [0.3, 0.4) is 0 Å². The number of amides is 4. The highest BCUT2D eigenvalue weighted by Gasteiger charge is 2.30. The van der Waals surface area contributed by atoms with Crippen LogP contribution in [0.1, 0.15) is 47.9 Å². The van der Waals surface area contributed by atoms with Gasteiger partial charge in [-0.2, -0.15) is 0 Å². The van der Waals surface area contributed by atoms with Crippen molar-refractivity contribution in [3.8, 4) is 11.5 Å². The van der Waals surface area contributed by atoms with Gasteiger partial charge in [-0.05, 0) is 92.8 Å². The van der Waals surface area contributed by atoms with E-state index in [2.05, 4.69) is 16.0 Å². The van der Waals surface area contributed by atoms with Gasteiger partial charge in [-0.15, -0.1) is 0 Å². The number of methoxy groups -OCH3 is 2. The summed E-state index contributed by atoms with van der Waals surface area (Å²) in [7, 11) is 3.19. The highest BCUT2D eigenvalue weighted by Crippen LogP contribution is 2.16. The van der Waals surface area contributed by atoms with Crippen molar-refractivity contribution in [3.63, 3.8) is 0 Å². The Kier molecular flexibility index (Phi) is 16.6. The summed E-state index contributed by atoms with van der Waals surface area (Å²) < 4.78 is 15.9. The maximum Gasteiger partial charge on any atom is 0.265 e. The molecule has 3 aromatic carbocycles. The van der Waals surface area contributed by atoms with E-state index in [9.17, 15) is 24.4 Å². The number of rotatable bonds is 20. The van der Waals surface area contributed by atoms with Crippen molar-refractivity contribution in [2.45, 2.75) is 70.0 Å². The molecule has 0 unspecified atom stereocenters. The molecule has 1 saturated heterocycles. The SMILES string of the molecule is COc1ccc(CCC[C@H](NC(=O)CN2CCOCC2)C(=O)N[C@H](CCc2ccc(OC)cc2)C(=O)N[C@H](CCc2ccc(C)cc2)C(=O)NO)cc1. The molecule has 53 heavy (non-hydrogen) atoms. The summed E-state index contributed by atoms with van der Waals surface area (Å²) in [5.41, 5.74) is 5.69. The molecular formula is C40H53N5O8. The monoisotopic (exact) mass is 731 g/mol. The van der Waals surface area contributed by atoms with Crippen molar-refractivity contribution in [1.82, 2.24) is 26.3 Å². The highest BCUT2D eigenvalue weighted by atomic mass is 16.5. The molecule has 0 aromatic heterocycles. The Hall–Kier alpha value is -4.98.